The van der Waals surface area contributed by atoms with Gasteiger partial charge in [-0.15, -0.1) is 0 Å². The molecule has 0 aliphatic heterocycles. The first-order valence-electron chi connectivity index (χ1n) is 8.01. The lowest BCUT2D eigenvalue weighted by Crippen LogP contribution is -2.26. The molecule has 0 unspecified atom stereocenters. The van der Waals surface area contributed by atoms with E-state index in [9.17, 15) is 14.9 Å². The maximum atomic E-state index is 12.2. The number of rotatable bonds is 6. The van der Waals surface area contributed by atoms with Gasteiger partial charge in [0.25, 0.3) is 11.6 Å². The van der Waals surface area contributed by atoms with E-state index in [1.54, 1.807) is 0 Å². The minimum Gasteiger partial charge on any atom is -0.346 e. The van der Waals surface area contributed by atoms with Gasteiger partial charge >= 0.3 is 0 Å². The van der Waals surface area contributed by atoms with Crippen LogP contribution in [0.1, 0.15) is 48.3 Å². The SMILES string of the molecule is CC(C)Cc1ccc([C@@H](C)NC(=O)c2ccc([N+](=O)[O-])cc2)cc1. The van der Waals surface area contributed by atoms with Gasteiger partial charge in [0, 0.05) is 17.7 Å². The fraction of sp³-hybridized carbons (Fsp3) is 0.316. The molecule has 0 saturated carbocycles. The molecule has 0 aromatic heterocycles. The third-order valence-corrected chi connectivity index (χ3v) is 3.81. The normalized spacial score (nSPS) is 12.0. The average molecular weight is 326 g/mol. The molecule has 1 amide bonds. The Morgan fingerprint density at radius 2 is 1.62 bits per heavy atom. The molecule has 0 fully saturated rings. The molecule has 1 atom stereocenters. The van der Waals surface area contributed by atoms with E-state index in [0.29, 0.717) is 11.5 Å². The van der Waals surface area contributed by atoms with Crippen LogP contribution in [0.25, 0.3) is 0 Å². The molecule has 24 heavy (non-hydrogen) atoms. The number of benzene rings is 2. The summed E-state index contributed by atoms with van der Waals surface area (Å²) in [5.41, 5.74) is 2.68. The van der Waals surface area contributed by atoms with Crippen molar-refractivity contribution in [2.24, 2.45) is 5.92 Å². The van der Waals surface area contributed by atoms with E-state index >= 15 is 0 Å². The molecular formula is C19H22N2O3. The van der Waals surface area contributed by atoms with Crippen molar-refractivity contribution in [3.05, 3.63) is 75.3 Å². The largest absolute Gasteiger partial charge is 0.346 e. The van der Waals surface area contributed by atoms with Crippen molar-refractivity contribution in [1.29, 1.82) is 0 Å². The molecule has 0 aliphatic carbocycles. The molecular weight excluding hydrogens is 304 g/mol. The van der Waals surface area contributed by atoms with Gasteiger partial charge in [-0.25, -0.2) is 0 Å². The van der Waals surface area contributed by atoms with Gasteiger partial charge in [0.2, 0.25) is 0 Å². The van der Waals surface area contributed by atoms with Gasteiger partial charge in [-0.3, -0.25) is 14.9 Å². The summed E-state index contributed by atoms with van der Waals surface area (Å²) < 4.78 is 0. The Labute approximate surface area is 141 Å². The number of hydrogen-bond donors (Lipinski definition) is 1. The van der Waals surface area contributed by atoms with Crippen molar-refractivity contribution in [2.45, 2.75) is 33.2 Å². The smallest absolute Gasteiger partial charge is 0.269 e. The summed E-state index contributed by atoms with van der Waals surface area (Å²) in [6.45, 7) is 6.28. The Balaban J connectivity index is 2.01. The van der Waals surface area contributed by atoms with Crippen molar-refractivity contribution < 1.29 is 9.72 Å². The lowest BCUT2D eigenvalue weighted by atomic mass is 10.00. The van der Waals surface area contributed by atoms with Gasteiger partial charge in [0.05, 0.1) is 11.0 Å². The molecule has 0 radical (unpaired) electrons. The number of amides is 1. The third-order valence-electron chi connectivity index (χ3n) is 3.81. The maximum Gasteiger partial charge on any atom is 0.269 e. The Kier molecular flexibility index (Phi) is 5.68. The van der Waals surface area contributed by atoms with E-state index in [-0.39, 0.29) is 17.6 Å². The van der Waals surface area contributed by atoms with Crippen LogP contribution in [0.15, 0.2) is 48.5 Å². The second-order valence-corrected chi connectivity index (χ2v) is 6.34. The Bertz CT molecular complexity index is 706. The van der Waals surface area contributed by atoms with Crippen LogP contribution in [-0.2, 0) is 6.42 Å². The second-order valence-electron chi connectivity index (χ2n) is 6.34. The topological polar surface area (TPSA) is 72.2 Å². The van der Waals surface area contributed by atoms with E-state index in [2.05, 4.69) is 31.3 Å². The van der Waals surface area contributed by atoms with E-state index in [1.165, 1.54) is 29.8 Å². The van der Waals surface area contributed by atoms with Crippen molar-refractivity contribution in [3.63, 3.8) is 0 Å². The van der Waals surface area contributed by atoms with Gasteiger partial charge in [-0.2, -0.15) is 0 Å². The van der Waals surface area contributed by atoms with Gasteiger partial charge < -0.3 is 5.32 Å². The Hall–Kier alpha value is -2.69. The van der Waals surface area contributed by atoms with E-state index in [0.717, 1.165) is 12.0 Å². The first-order valence-corrected chi connectivity index (χ1v) is 8.01. The van der Waals surface area contributed by atoms with Gasteiger partial charge in [-0.05, 0) is 42.5 Å². The minimum absolute atomic E-state index is 0.0275. The molecule has 5 nitrogen and oxygen atoms in total. The highest BCUT2D eigenvalue weighted by molar-refractivity contribution is 5.94. The Morgan fingerprint density at radius 3 is 2.12 bits per heavy atom. The van der Waals surface area contributed by atoms with Crippen LogP contribution < -0.4 is 5.32 Å². The number of nitro groups is 1. The number of carbonyl (C=O) groups excluding carboxylic acids is 1. The van der Waals surface area contributed by atoms with Gasteiger partial charge in [0.15, 0.2) is 0 Å². The zero-order valence-corrected chi connectivity index (χ0v) is 14.2. The summed E-state index contributed by atoms with van der Waals surface area (Å²) in [6, 6.07) is 13.7. The number of carbonyl (C=O) groups is 1. The number of non-ortho nitro benzene ring substituents is 1. The highest BCUT2D eigenvalue weighted by Gasteiger charge is 2.13. The summed E-state index contributed by atoms with van der Waals surface area (Å²) in [4.78, 5) is 22.4. The number of hydrogen-bond acceptors (Lipinski definition) is 3. The van der Waals surface area contributed by atoms with E-state index < -0.39 is 4.92 Å². The predicted octanol–water partition coefficient (Wildman–Crippen LogP) is 4.28. The summed E-state index contributed by atoms with van der Waals surface area (Å²) in [6.07, 6.45) is 1.03. The average Bonchev–Trinajstić information content (AvgIpc) is 2.55. The number of nitrogens with one attached hydrogen (secondary N) is 1. The molecule has 0 saturated heterocycles. The van der Waals surface area contributed by atoms with Crippen LogP contribution in [0.4, 0.5) is 5.69 Å². The second kappa shape index (κ2) is 7.73. The molecule has 0 heterocycles. The highest BCUT2D eigenvalue weighted by atomic mass is 16.6. The Morgan fingerprint density at radius 1 is 1.04 bits per heavy atom. The minimum atomic E-state index is -0.483. The first-order chi connectivity index (χ1) is 11.4. The molecule has 0 bridgehead atoms. The molecule has 126 valence electrons. The van der Waals surface area contributed by atoms with Crippen molar-refractivity contribution in [2.75, 3.05) is 0 Å². The molecule has 0 spiro atoms. The zero-order chi connectivity index (χ0) is 17.7. The predicted molar refractivity (Wildman–Crippen MR) is 94.0 cm³/mol. The van der Waals surface area contributed by atoms with Crippen molar-refractivity contribution in [3.8, 4) is 0 Å². The quantitative estimate of drug-likeness (QED) is 0.636. The van der Waals surface area contributed by atoms with E-state index in [1.807, 2.05) is 19.1 Å². The van der Waals surface area contributed by atoms with Crippen LogP contribution in [0, 0.1) is 16.0 Å². The first kappa shape index (κ1) is 17.7. The van der Waals surface area contributed by atoms with E-state index in [4.69, 9.17) is 0 Å². The lowest BCUT2D eigenvalue weighted by Gasteiger charge is -2.15. The van der Waals surface area contributed by atoms with Crippen LogP contribution >= 0.6 is 0 Å². The van der Waals surface area contributed by atoms with Crippen LogP contribution in [0.3, 0.4) is 0 Å². The molecule has 1 N–H and O–H groups in total. The van der Waals surface area contributed by atoms with Gasteiger partial charge in [-0.1, -0.05) is 38.1 Å². The molecule has 2 rings (SSSR count). The number of nitrogens with zero attached hydrogens (tertiary/aromatic N) is 1. The van der Waals surface area contributed by atoms with Crippen LogP contribution in [0.2, 0.25) is 0 Å². The summed E-state index contributed by atoms with van der Waals surface area (Å²) in [5, 5.41) is 13.6. The standard InChI is InChI=1S/C19H22N2O3/c1-13(2)12-15-4-6-16(7-5-15)14(3)20-19(22)17-8-10-18(11-9-17)21(23)24/h4-11,13-14H,12H2,1-3H3,(H,20,22)/t14-/m1/s1. The van der Waals surface area contributed by atoms with Gasteiger partial charge in [0.1, 0.15) is 0 Å². The van der Waals surface area contributed by atoms with Crippen molar-refractivity contribution >= 4 is 11.6 Å². The van der Waals surface area contributed by atoms with Crippen LogP contribution in [0.5, 0.6) is 0 Å². The maximum absolute atomic E-state index is 12.2. The fourth-order valence-electron chi connectivity index (χ4n) is 2.51. The summed E-state index contributed by atoms with van der Waals surface area (Å²) in [7, 11) is 0. The molecule has 2 aromatic carbocycles. The molecule has 0 aliphatic rings. The van der Waals surface area contributed by atoms with Crippen molar-refractivity contribution in [1.82, 2.24) is 5.32 Å². The molecule has 2 aromatic rings. The monoisotopic (exact) mass is 326 g/mol. The summed E-state index contributed by atoms with van der Waals surface area (Å²) in [5.74, 6) is 0.360. The highest BCUT2D eigenvalue weighted by Crippen LogP contribution is 2.17. The zero-order valence-electron chi connectivity index (χ0n) is 14.2. The third kappa shape index (κ3) is 4.65. The number of nitro benzene ring substituents is 1. The lowest BCUT2D eigenvalue weighted by molar-refractivity contribution is -0.384. The summed E-state index contributed by atoms with van der Waals surface area (Å²) >= 11 is 0. The van der Waals surface area contributed by atoms with Crippen LogP contribution in [-0.4, -0.2) is 10.8 Å². The fourth-order valence-corrected chi connectivity index (χ4v) is 2.51. The molecule has 5 heteroatoms.